The predicted octanol–water partition coefficient (Wildman–Crippen LogP) is 3.14. The fraction of sp³-hybridized carbons (Fsp3) is 0.533. The van der Waals surface area contributed by atoms with Crippen molar-refractivity contribution in [2.45, 2.75) is 57.4 Å². The van der Waals surface area contributed by atoms with Gasteiger partial charge in [0.15, 0.2) is 5.78 Å². The van der Waals surface area contributed by atoms with Gasteiger partial charge < -0.3 is 0 Å². The second kappa shape index (κ2) is 7.55. The van der Waals surface area contributed by atoms with Gasteiger partial charge in [0.25, 0.3) is 0 Å². The third kappa shape index (κ3) is 5.06. The lowest BCUT2D eigenvalue weighted by molar-refractivity contribution is 0.101. The molecule has 112 valence electrons. The van der Waals surface area contributed by atoms with Crippen LogP contribution in [0.3, 0.4) is 0 Å². The highest BCUT2D eigenvalue weighted by atomic mass is 32.2. The quantitative estimate of drug-likeness (QED) is 0.592. The minimum absolute atomic E-state index is 0.0742. The first-order valence-corrected chi connectivity index (χ1v) is 8.48. The number of benzene rings is 1. The second-order valence-electron chi connectivity index (χ2n) is 5.10. The van der Waals surface area contributed by atoms with Gasteiger partial charge in [-0.3, -0.25) is 4.79 Å². The largest absolute Gasteiger partial charge is 0.295 e. The average Bonchev–Trinajstić information content (AvgIpc) is 2.38. The van der Waals surface area contributed by atoms with Crippen LogP contribution in [0.15, 0.2) is 29.2 Å². The molecule has 1 rings (SSSR count). The lowest BCUT2D eigenvalue weighted by Crippen LogP contribution is -2.32. The normalized spacial score (nSPS) is 13.2. The van der Waals surface area contributed by atoms with Crippen LogP contribution in [-0.2, 0) is 10.0 Å². The van der Waals surface area contributed by atoms with Gasteiger partial charge in [-0.25, -0.2) is 13.1 Å². The highest BCUT2D eigenvalue weighted by Crippen LogP contribution is 2.13. The van der Waals surface area contributed by atoms with Crippen LogP contribution in [0.1, 0.15) is 56.8 Å². The Balaban J connectivity index is 2.70. The number of ketones is 1. The minimum atomic E-state index is -3.50. The number of rotatable bonds is 8. The average molecular weight is 297 g/mol. The molecule has 1 N–H and O–H groups in total. The van der Waals surface area contributed by atoms with Crippen LogP contribution in [0.25, 0.3) is 0 Å². The molecule has 0 bridgehead atoms. The van der Waals surface area contributed by atoms with E-state index in [9.17, 15) is 13.2 Å². The van der Waals surface area contributed by atoms with Crippen molar-refractivity contribution in [3.8, 4) is 0 Å². The maximum atomic E-state index is 12.2. The van der Waals surface area contributed by atoms with Gasteiger partial charge in [0, 0.05) is 11.6 Å². The van der Waals surface area contributed by atoms with E-state index in [2.05, 4.69) is 11.6 Å². The van der Waals surface area contributed by atoms with Crippen molar-refractivity contribution in [2.24, 2.45) is 0 Å². The number of nitrogens with one attached hydrogen (secondary N) is 1. The lowest BCUT2D eigenvalue weighted by atomic mass is 10.1. The molecule has 0 radical (unpaired) electrons. The van der Waals surface area contributed by atoms with Crippen LogP contribution >= 0.6 is 0 Å². The SMILES string of the molecule is CCCCCC(C)NS(=O)(=O)c1ccc(C(C)=O)cc1. The first-order chi connectivity index (χ1) is 9.36. The van der Waals surface area contributed by atoms with E-state index in [4.69, 9.17) is 0 Å². The van der Waals surface area contributed by atoms with Crippen molar-refractivity contribution >= 4 is 15.8 Å². The first-order valence-electron chi connectivity index (χ1n) is 7.00. The van der Waals surface area contributed by atoms with Crippen LogP contribution < -0.4 is 4.72 Å². The summed E-state index contributed by atoms with van der Waals surface area (Å²) in [6.07, 6.45) is 4.08. The predicted molar refractivity (Wildman–Crippen MR) is 80.4 cm³/mol. The van der Waals surface area contributed by atoms with E-state index in [1.165, 1.54) is 19.1 Å². The van der Waals surface area contributed by atoms with E-state index >= 15 is 0 Å². The van der Waals surface area contributed by atoms with Crippen molar-refractivity contribution in [1.82, 2.24) is 4.72 Å². The van der Waals surface area contributed by atoms with Gasteiger partial charge in [-0.05, 0) is 32.4 Å². The number of unbranched alkanes of at least 4 members (excludes halogenated alkanes) is 2. The summed E-state index contributed by atoms with van der Waals surface area (Å²) in [6.45, 7) is 5.44. The Morgan fingerprint density at radius 1 is 1.20 bits per heavy atom. The summed E-state index contributed by atoms with van der Waals surface area (Å²) in [4.78, 5) is 11.4. The van der Waals surface area contributed by atoms with E-state index < -0.39 is 10.0 Å². The van der Waals surface area contributed by atoms with Crippen LogP contribution in [0.2, 0.25) is 0 Å². The molecule has 1 atom stereocenters. The topological polar surface area (TPSA) is 63.2 Å². The van der Waals surface area contributed by atoms with Gasteiger partial charge in [-0.2, -0.15) is 0 Å². The maximum Gasteiger partial charge on any atom is 0.240 e. The third-order valence-electron chi connectivity index (χ3n) is 3.17. The Labute approximate surface area is 121 Å². The standard InChI is InChI=1S/C15H23NO3S/c1-4-5-6-7-12(2)16-20(18,19)15-10-8-14(9-11-15)13(3)17/h8-12,16H,4-7H2,1-3H3. The van der Waals surface area contributed by atoms with Gasteiger partial charge in [0.1, 0.15) is 0 Å². The number of hydrogen-bond donors (Lipinski definition) is 1. The molecule has 0 amide bonds. The minimum Gasteiger partial charge on any atom is -0.295 e. The number of Topliss-reactive ketones (excluding diaryl/α,β-unsaturated/α-hetero) is 1. The van der Waals surface area contributed by atoms with Gasteiger partial charge in [-0.1, -0.05) is 38.3 Å². The molecule has 0 aliphatic rings. The fourth-order valence-corrected chi connectivity index (χ4v) is 3.24. The molecule has 0 aromatic heterocycles. The summed E-state index contributed by atoms with van der Waals surface area (Å²) in [6, 6.07) is 5.94. The molecule has 1 aromatic rings. The molecular weight excluding hydrogens is 274 g/mol. The molecule has 20 heavy (non-hydrogen) atoms. The summed E-state index contributed by atoms with van der Waals surface area (Å²) in [7, 11) is -3.50. The smallest absolute Gasteiger partial charge is 0.240 e. The summed E-state index contributed by atoms with van der Waals surface area (Å²) in [5.74, 6) is -0.0742. The molecule has 0 spiro atoms. The Bertz CT molecular complexity index is 535. The van der Waals surface area contributed by atoms with Crippen molar-refractivity contribution in [3.05, 3.63) is 29.8 Å². The van der Waals surface area contributed by atoms with Crippen molar-refractivity contribution in [1.29, 1.82) is 0 Å². The first kappa shape index (κ1) is 16.9. The lowest BCUT2D eigenvalue weighted by Gasteiger charge is -2.14. The molecule has 0 heterocycles. The van der Waals surface area contributed by atoms with Crippen LogP contribution in [0.4, 0.5) is 0 Å². The van der Waals surface area contributed by atoms with Crippen molar-refractivity contribution < 1.29 is 13.2 Å². The highest BCUT2D eigenvalue weighted by Gasteiger charge is 2.17. The number of carbonyl (C=O) groups excluding carboxylic acids is 1. The summed E-state index contributed by atoms with van der Waals surface area (Å²) < 4.78 is 27.0. The fourth-order valence-electron chi connectivity index (χ4n) is 1.96. The maximum absolute atomic E-state index is 12.2. The van der Waals surface area contributed by atoms with Crippen LogP contribution in [0, 0.1) is 0 Å². The molecule has 0 saturated heterocycles. The molecule has 4 nitrogen and oxygen atoms in total. The molecule has 0 aliphatic heterocycles. The Morgan fingerprint density at radius 3 is 2.30 bits per heavy atom. The van der Waals surface area contributed by atoms with Gasteiger partial charge in [-0.15, -0.1) is 0 Å². The van der Waals surface area contributed by atoms with Gasteiger partial charge >= 0.3 is 0 Å². The zero-order valence-corrected chi connectivity index (χ0v) is 13.2. The molecule has 1 aromatic carbocycles. The molecule has 1 unspecified atom stereocenters. The van der Waals surface area contributed by atoms with E-state index in [1.807, 2.05) is 6.92 Å². The molecule has 0 saturated carbocycles. The molecular formula is C15H23NO3S. The zero-order valence-electron chi connectivity index (χ0n) is 12.3. The summed E-state index contributed by atoms with van der Waals surface area (Å²) >= 11 is 0. The van der Waals surface area contributed by atoms with Crippen molar-refractivity contribution in [3.63, 3.8) is 0 Å². The number of carbonyl (C=O) groups is 1. The molecule has 5 heteroatoms. The monoisotopic (exact) mass is 297 g/mol. The Hall–Kier alpha value is -1.20. The van der Waals surface area contributed by atoms with E-state index in [0.29, 0.717) is 5.56 Å². The number of hydrogen-bond acceptors (Lipinski definition) is 3. The van der Waals surface area contributed by atoms with Gasteiger partial charge in [0.2, 0.25) is 10.0 Å². The Morgan fingerprint density at radius 2 is 1.80 bits per heavy atom. The van der Waals surface area contributed by atoms with E-state index in [-0.39, 0.29) is 16.7 Å². The van der Waals surface area contributed by atoms with Crippen molar-refractivity contribution in [2.75, 3.05) is 0 Å². The number of sulfonamides is 1. The molecule has 0 aliphatic carbocycles. The Kier molecular flexibility index (Phi) is 6.36. The summed E-state index contributed by atoms with van der Waals surface area (Å²) in [5, 5.41) is 0. The van der Waals surface area contributed by atoms with E-state index in [0.717, 1.165) is 25.7 Å². The van der Waals surface area contributed by atoms with Crippen LogP contribution in [0.5, 0.6) is 0 Å². The molecule has 0 fully saturated rings. The summed E-state index contributed by atoms with van der Waals surface area (Å²) in [5.41, 5.74) is 0.514. The van der Waals surface area contributed by atoms with Gasteiger partial charge in [0.05, 0.1) is 4.90 Å². The highest BCUT2D eigenvalue weighted by molar-refractivity contribution is 7.89. The zero-order chi connectivity index (χ0) is 15.2. The van der Waals surface area contributed by atoms with E-state index in [1.54, 1.807) is 12.1 Å². The third-order valence-corrected chi connectivity index (χ3v) is 4.77. The van der Waals surface area contributed by atoms with Crippen LogP contribution in [-0.4, -0.2) is 20.2 Å². The second-order valence-corrected chi connectivity index (χ2v) is 6.81.